The van der Waals surface area contributed by atoms with E-state index in [2.05, 4.69) is 24.1 Å². The molecule has 112 valence electrons. The molecule has 2 aliphatic rings. The van der Waals surface area contributed by atoms with Crippen LogP contribution in [-0.2, 0) is 0 Å². The van der Waals surface area contributed by atoms with Gasteiger partial charge in [0.05, 0.1) is 0 Å². The van der Waals surface area contributed by atoms with Gasteiger partial charge in [0.2, 0.25) is 0 Å². The first-order chi connectivity index (χ1) is 9.29. The van der Waals surface area contributed by atoms with E-state index in [1.807, 2.05) is 0 Å². The van der Waals surface area contributed by atoms with Gasteiger partial charge in [0.15, 0.2) is 0 Å². The summed E-state index contributed by atoms with van der Waals surface area (Å²) in [6.45, 7) is 8.56. The van der Waals surface area contributed by atoms with E-state index >= 15 is 0 Å². The van der Waals surface area contributed by atoms with Crippen LogP contribution in [0.2, 0.25) is 0 Å². The van der Waals surface area contributed by atoms with Gasteiger partial charge in [-0.3, -0.25) is 4.90 Å². The summed E-state index contributed by atoms with van der Waals surface area (Å²) in [6.07, 6.45) is 12.7. The Labute approximate surface area is 120 Å². The molecule has 1 aliphatic carbocycles. The summed E-state index contributed by atoms with van der Waals surface area (Å²) in [6, 6.07) is 1.68. The summed E-state index contributed by atoms with van der Waals surface area (Å²) in [7, 11) is 0. The van der Waals surface area contributed by atoms with E-state index in [0.717, 1.165) is 18.0 Å². The monoisotopic (exact) mass is 266 g/mol. The Morgan fingerprint density at radius 2 is 2.00 bits per heavy atom. The summed E-state index contributed by atoms with van der Waals surface area (Å²) < 4.78 is 0. The molecule has 1 aliphatic heterocycles. The Kier molecular flexibility index (Phi) is 6.66. The predicted octanol–water partition coefficient (Wildman–Crippen LogP) is 3.81. The lowest BCUT2D eigenvalue weighted by Crippen LogP contribution is -2.45. The van der Waals surface area contributed by atoms with Gasteiger partial charge in [-0.05, 0) is 44.6 Å². The van der Waals surface area contributed by atoms with E-state index in [-0.39, 0.29) is 0 Å². The molecule has 2 rings (SSSR count). The molecule has 0 aromatic carbocycles. The van der Waals surface area contributed by atoms with Crippen LogP contribution in [0.25, 0.3) is 0 Å². The van der Waals surface area contributed by atoms with Crippen molar-refractivity contribution in [3.05, 3.63) is 0 Å². The van der Waals surface area contributed by atoms with Crippen molar-refractivity contribution in [2.45, 2.75) is 83.7 Å². The Hall–Kier alpha value is -0.0800. The van der Waals surface area contributed by atoms with Crippen LogP contribution in [0.4, 0.5) is 0 Å². The molecule has 2 nitrogen and oxygen atoms in total. The smallest absolute Gasteiger partial charge is 0.0110 e. The van der Waals surface area contributed by atoms with Crippen molar-refractivity contribution in [1.82, 2.24) is 10.2 Å². The van der Waals surface area contributed by atoms with Crippen molar-refractivity contribution >= 4 is 0 Å². The molecule has 0 radical (unpaired) electrons. The molecule has 19 heavy (non-hydrogen) atoms. The van der Waals surface area contributed by atoms with Gasteiger partial charge in [0, 0.05) is 25.2 Å². The van der Waals surface area contributed by atoms with Crippen molar-refractivity contribution < 1.29 is 0 Å². The average molecular weight is 266 g/mol. The third-order valence-corrected chi connectivity index (χ3v) is 5.14. The summed E-state index contributed by atoms with van der Waals surface area (Å²) in [5.41, 5.74) is 0. The Morgan fingerprint density at radius 1 is 1.11 bits per heavy atom. The Morgan fingerprint density at radius 3 is 2.79 bits per heavy atom. The second-order valence-electron chi connectivity index (χ2n) is 6.90. The van der Waals surface area contributed by atoms with Gasteiger partial charge in [0.25, 0.3) is 0 Å². The minimum Gasteiger partial charge on any atom is -0.313 e. The van der Waals surface area contributed by atoms with Gasteiger partial charge in [-0.25, -0.2) is 0 Å². The summed E-state index contributed by atoms with van der Waals surface area (Å²) in [5.74, 6) is 0.939. The van der Waals surface area contributed by atoms with Gasteiger partial charge in [-0.15, -0.1) is 0 Å². The lowest BCUT2D eigenvalue weighted by molar-refractivity contribution is 0.137. The van der Waals surface area contributed by atoms with E-state index < -0.39 is 0 Å². The Bertz CT molecular complexity index is 239. The maximum Gasteiger partial charge on any atom is 0.0110 e. The molecular formula is C17H34N2. The first-order valence-corrected chi connectivity index (χ1v) is 8.77. The molecule has 0 bridgehead atoms. The van der Waals surface area contributed by atoms with E-state index in [9.17, 15) is 0 Å². The number of hydrogen-bond donors (Lipinski definition) is 1. The van der Waals surface area contributed by atoms with Crippen LogP contribution in [0.15, 0.2) is 0 Å². The second kappa shape index (κ2) is 8.26. The molecule has 1 saturated heterocycles. The summed E-state index contributed by atoms with van der Waals surface area (Å²) >= 11 is 0. The summed E-state index contributed by atoms with van der Waals surface area (Å²) in [4.78, 5) is 2.76. The topological polar surface area (TPSA) is 15.3 Å². The van der Waals surface area contributed by atoms with E-state index in [1.54, 1.807) is 0 Å². The molecule has 1 heterocycles. The number of rotatable bonds is 6. The van der Waals surface area contributed by atoms with Gasteiger partial charge in [-0.1, -0.05) is 39.5 Å². The number of hydrogen-bond acceptors (Lipinski definition) is 2. The number of nitrogens with one attached hydrogen (secondary N) is 1. The predicted molar refractivity (Wildman–Crippen MR) is 83.5 cm³/mol. The molecule has 3 atom stereocenters. The van der Waals surface area contributed by atoms with Crippen molar-refractivity contribution in [3.63, 3.8) is 0 Å². The molecule has 0 aromatic heterocycles. The highest BCUT2D eigenvalue weighted by Gasteiger charge is 2.22. The maximum atomic E-state index is 3.82. The zero-order chi connectivity index (χ0) is 13.5. The second-order valence-corrected chi connectivity index (χ2v) is 6.90. The normalized spacial score (nSPS) is 33.5. The van der Waals surface area contributed by atoms with Crippen LogP contribution in [0.5, 0.6) is 0 Å². The SMILES string of the molecule is CCCC1CCCCN1CCNC1CCCC(C)C1. The molecule has 3 unspecified atom stereocenters. The van der Waals surface area contributed by atoms with Crippen LogP contribution in [0.3, 0.4) is 0 Å². The lowest BCUT2D eigenvalue weighted by atomic mass is 9.87. The van der Waals surface area contributed by atoms with Crippen molar-refractivity contribution in [2.24, 2.45) is 5.92 Å². The number of likely N-dealkylation sites (tertiary alicyclic amines) is 1. The highest BCUT2D eigenvalue weighted by Crippen LogP contribution is 2.24. The Balaban J connectivity index is 1.65. The van der Waals surface area contributed by atoms with Crippen LogP contribution in [-0.4, -0.2) is 36.6 Å². The minimum atomic E-state index is 0.804. The van der Waals surface area contributed by atoms with Gasteiger partial charge < -0.3 is 5.32 Å². The van der Waals surface area contributed by atoms with E-state index in [1.165, 1.54) is 77.4 Å². The van der Waals surface area contributed by atoms with Crippen LogP contribution >= 0.6 is 0 Å². The van der Waals surface area contributed by atoms with Crippen molar-refractivity contribution in [2.75, 3.05) is 19.6 Å². The van der Waals surface area contributed by atoms with E-state index in [0.29, 0.717) is 0 Å². The van der Waals surface area contributed by atoms with Crippen molar-refractivity contribution in [3.8, 4) is 0 Å². The zero-order valence-electron chi connectivity index (χ0n) is 13.2. The molecule has 0 amide bonds. The van der Waals surface area contributed by atoms with Gasteiger partial charge in [0.1, 0.15) is 0 Å². The van der Waals surface area contributed by atoms with Crippen LogP contribution in [0.1, 0.15) is 71.6 Å². The molecule has 0 aromatic rings. The van der Waals surface area contributed by atoms with Crippen LogP contribution in [0, 0.1) is 5.92 Å². The number of nitrogens with zero attached hydrogens (tertiary/aromatic N) is 1. The van der Waals surface area contributed by atoms with Gasteiger partial charge >= 0.3 is 0 Å². The molecule has 2 heteroatoms. The minimum absolute atomic E-state index is 0.804. The van der Waals surface area contributed by atoms with Crippen molar-refractivity contribution in [1.29, 1.82) is 0 Å². The first-order valence-electron chi connectivity index (χ1n) is 8.77. The molecule has 1 saturated carbocycles. The fourth-order valence-electron chi connectivity index (χ4n) is 4.05. The van der Waals surface area contributed by atoms with E-state index in [4.69, 9.17) is 0 Å². The third-order valence-electron chi connectivity index (χ3n) is 5.14. The molecular weight excluding hydrogens is 232 g/mol. The number of piperidine rings is 1. The summed E-state index contributed by atoms with van der Waals surface area (Å²) in [5, 5.41) is 3.82. The molecule has 2 fully saturated rings. The zero-order valence-corrected chi connectivity index (χ0v) is 13.2. The largest absolute Gasteiger partial charge is 0.313 e. The lowest BCUT2D eigenvalue weighted by Gasteiger charge is -2.36. The molecule has 0 spiro atoms. The quantitative estimate of drug-likeness (QED) is 0.786. The fraction of sp³-hybridized carbons (Fsp3) is 1.00. The fourth-order valence-corrected chi connectivity index (χ4v) is 4.05. The third kappa shape index (κ3) is 5.07. The average Bonchev–Trinajstić information content (AvgIpc) is 2.41. The first kappa shape index (κ1) is 15.3. The standard InChI is InChI=1S/C17H34N2/c1-3-7-17-10-4-5-12-19(17)13-11-18-16-9-6-8-15(2)14-16/h15-18H,3-14H2,1-2H3. The van der Waals surface area contributed by atoms with Gasteiger partial charge in [-0.2, -0.15) is 0 Å². The highest BCUT2D eigenvalue weighted by atomic mass is 15.2. The van der Waals surface area contributed by atoms with Crippen LogP contribution < -0.4 is 5.32 Å². The maximum absolute atomic E-state index is 3.82. The molecule has 1 N–H and O–H groups in total. The highest BCUT2D eigenvalue weighted by molar-refractivity contribution is 4.79.